The fourth-order valence-corrected chi connectivity index (χ4v) is 1.59. The zero-order valence-electron chi connectivity index (χ0n) is 9.00. The maximum atomic E-state index is 10.3. The van der Waals surface area contributed by atoms with E-state index in [0.29, 0.717) is 17.8 Å². The van der Waals surface area contributed by atoms with Crippen LogP contribution >= 0.6 is 0 Å². The second kappa shape index (κ2) is 5.97. The maximum Gasteiger partial charge on any atom is 0.317 e. The van der Waals surface area contributed by atoms with E-state index < -0.39 is 5.97 Å². The third kappa shape index (κ3) is 5.64. The molecule has 0 aliphatic rings. The molecule has 0 amide bonds. The topological polar surface area (TPSA) is 49.3 Å². The van der Waals surface area contributed by atoms with Gasteiger partial charge in [-0.25, -0.2) is 0 Å². The lowest BCUT2D eigenvalue weighted by molar-refractivity contribution is -0.136. The molecule has 0 saturated carbocycles. The van der Waals surface area contributed by atoms with Crippen molar-refractivity contribution < 1.29 is 9.90 Å². The van der Waals surface area contributed by atoms with Crippen molar-refractivity contribution in [1.82, 2.24) is 5.32 Å². The number of aliphatic carboxylic acids is 1. The van der Waals surface area contributed by atoms with Crippen molar-refractivity contribution in [3.63, 3.8) is 0 Å². The van der Waals surface area contributed by atoms with Crippen molar-refractivity contribution in [3.8, 4) is 0 Å². The normalized spacial score (nSPS) is 11.6. The van der Waals surface area contributed by atoms with Crippen LogP contribution in [-0.2, 0) is 4.79 Å². The minimum atomic E-state index is -0.786. The van der Waals surface area contributed by atoms with Crippen molar-refractivity contribution in [2.75, 3.05) is 13.1 Å². The van der Waals surface area contributed by atoms with E-state index in [4.69, 9.17) is 5.11 Å². The lowest BCUT2D eigenvalue weighted by atomic mass is 9.85. The van der Waals surface area contributed by atoms with Gasteiger partial charge in [-0.2, -0.15) is 0 Å². The highest BCUT2D eigenvalue weighted by Gasteiger charge is 2.16. The molecule has 0 heterocycles. The fraction of sp³-hybridized carbons (Fsp3) is 0.900. The highest BCUT2D eigenvalue weighted by atomic mass is 16.4. The monoisotopic (exact) mass is 187 g/mol. The van der Waals surface area contributed by atoms with Gasteiger partial charge < -0.3 is 10.4 Å². The Kier molecular flexibility index (Phi) is 5.71. The molecule has 0 atom stereocenters. The number of hydrogen-bond acceptors (Lipinski definition) is 2. The molecule has 0 fully saturated rings. The van der Waals surface area contributed by atoms with Crippen LogP contribution in [0.5, 0.6) is 0 Å². The quantitative estimate of drug-likeness (QED) is 0.664. The molecule has 0 aromatic carbocycles. The zero-order valence-corrected chi connectivity index (χ0v) is 9.00. The fourth-order valence-electron chi connectivity index (χ4n) is 1.59. The first-order chi connectivity index (χ1) is 5.95. The Balaban J connectivity index is 3.77. The Bertz CT molecular complexity index is 147. The van der Waals surface area contributed by atoms with Gasteiger partial charge in [-0.05, 0) is 24.3 Å². The van der Waals surface area contributed by atoms with Gasteiger partial charge in [0.05, 0.1) is 6.54 Å². The molecule has 0 unspecified atom stereocenters. The number of hydrogen-bond donors (Lipinski definition) is 2. The number of rotatable bonds is 6. The van der Waals surface area contributed by atoms with Gasteiger partial charge in [-0.15, -0.1) is 0 Å². The predicted molar refractivity (Wildman–Crippen MR) is 53.7 cm³/mol. The number of nitrogens with one attached hydrogen (secondary N) is 1. The molecular formula is C10H21NO2. The second-order valence-electron chi connectivity index (χ2n) is 4.18. The van der Waals surface area contributed by atoms with Crippen LogP contribution in [0, 0.1) is 17.8 Å². The summed E-state index contributed by atoms with van der Waals surface area (Å²) in [5.74, 6) is 0.966. The standard InChI is InChI=1S/C10H21NO2/c1-7(2)9(8(3)4)5-11-6-10(12)13/h7-9,11H,5-6H2,1-4H3,(H,12,13). The molecule has 3 nitrogen and oxygen atoms in total. The Morgan fingerprint density at radius 2 is 1.69 bits per heavy atom. The molecule has 3 heteroatoms. The molecule has 0 spiro atoms. The summed E-state index contributed by atoms with van der Waals surface area (Å²) < 4.78 is 0. The van der Waals surface area contributed by atoms with Gasteiger partial charge in [0.25, 0.3) is 0 Å². The highest BCUT2D eigenvalue weighted by Crippen LogP contribution is 2.19. The largest absolute Gasteiger partial charge is 0.480 e. The Hall–Kier alpha value is -0.570. The number of carbonyl (C=O) groups is 1. The molecular weight excluding hydrogens is 166 g/mol. The van der Waals surface area contributed by atoms with Gasteiger partial charge in [0.15, 0.2) is 0 Å². The summed E-state index contributed by atoms with van der Waals surface area (Å²) >= 11 is 0. The van der Waals surface area contributed by atoms with Gasteiger partial charge >= 0.3 is 5.97 Å². The van der Waals surface area contributed by atoms with E-state index in [1.165, 1.54) is 0 Å². The molecule has 13 heavy (non-hydrogen) atoms. The lowest BCUT2D eigenvalue weighted by Crippen LogP contribution is -2.32. The molecule has 0 rings (SSSR count). The van der Waals surface area contributed by atoms with E-state index in [-0.39, 0.29) is 6.54 Å². The summed E-state index contributed by atoms with van der Waals surface area (Å²) in [6.45, 7) is 9.55. The summed E-state index contributed by atoms with van der Waals surface area (Å²) in [4.78, 5) is 10.3. The van der Waals surface area contributed by atoms with Crippen molar-refractivity contribution in [2.45, 2.75) is 27.7 Å². The van der Waals surface area contributed by atoms with Gasteiger partial charge in [-0.3, -0.25) is 4.79 Å². The van der Waals surface area contributed by atoms with Crippen LogP contribution in [0.1, 0.15) is 27.7 Å². The van der Waals surface area contributed by atoms with E-state index in [0.717, 1.165) is 6.54 Å². The molecule has 78 valence electrons. The van der Waals surface area contributed by atoms with Crippen LogP contribution in [0.3, 0.4) is 0 Å². The summed E-state index contributed by atoms with van der Waals surface area (Å²) in [5.41, 5.74) is 0. The van der Waals surface area contributed by atoms with Crippen molar-refractivity contribution in [3.05, 3.63) is 0 Å². The molecule has 0 bridgehead atoms. The van der Waals surface area contributed by atoms with E-state index in [1.807, 2.05) is 0 Å². The van der Waals surface area contributed by atoms with E-state index in [9.17, 15) is 4.79 Å². The minimum absolute atomic E-state index is 0.0654. The SMILES string of the molecule is CC(C)C(CNCC(=O)O)C(C)C. The van der Waals surface area contributed by atoms with Crippen LogP contribution in [0.4, 0.5) is 0 Å². The maximum absolute atomic E-state index is 10.3. The van der Waals surface area contributed by atoms with Gasteiger partial charge in [-0.1, -0.05) is 27.7 Å². The van der Waals surface area contributed by atoms with Crippen LogP contribution in [-0.4, -0.2) is 24.2 Å². The smallest absolute Gasteiger partial charge is 0.317 e. The van der Waals surface area contributed by atoms with Crippen LogP contribution in [0.25, 0.3) is 0 Å². The Morgan fingerprint density at radius 1 is 1.23 bits per heavy atom. The van der Waals surface area contributed by atoms with E-state index >= 15 is 0 Å². The highest BCUT2D eigenvalue weighted by molar-refractivity contribution is 5.68. The second-order valence-corrected chi connectivity index (χ2v) is 4.18. The van der Waals surface area contributed by atoms with Crippen molar-refractivity contribution in [1.29, 1.82) is 0 Å². The number of carboxylic acid groups (broad SMARTS) is 1. The molecule has 0 aliphatic heterocycles. The van der Waals surface area contributed by atoms with Gasteiger partial charge in [0.1, 0.15) is 0 Å². The number of carboxylic acids is 1. The summed E-state index contributed by atoms with van der Waals surface area (Å²) in [6, 6.07) is 0. The molecule has 0 aromatic heterocycles. The third-order valence-corrected chi connectivity index (χ3v) is 2.37. The summed E-state index contributed by atoms with van der Waals surface area (Å²) in [5, 5.41) is 11.4. The summed E-state index contributed by atoms with van der Waals surface area (Å²) in [6.07, 6.45) is 0. The molecule has 0 aliphatic carbocycles. The van der Waals surface area contributed by atoms with E-state index in [1.54, 1.807) is 0 Å². The van der Waals surface area contributed by atoms with Crippen LogP contribution in [0.15, 0.2) is 0 Å². The van der Waals surface area contributed by atoms with Crippen molar-refractivity contribution >= 4 is 5.97 Å². The van der Waals surface area contributed by atoms with Crippen molar-refractivity contribution in [2.24, 2.45) is 17.8 Å². The summed E-state index contributed by atoms with van der Waals surface area (Å²) in [7, 11) is 0. The predicted octanol–water partition coefficient (Wildman–Crippen LogP) is 1.59. The lowest BCUT2D eigenvalue weighted by Gasteiger charge is -2.24. The van der Waals surface area contributed by atoms with Gasteiger partial charge in [0.2, 0.25) is 0 Å². The first-order valence-corrected chi connectivity index (χ1v) is 4.87. The average Bonchev–Trinajstić information content (AvgIpc) is 1.95. The molecule has 0 radical (unpaired) electrons. The first-order valence-electron chi connectivity index (χ1n) is 4.87. The minimum Gasteiger partial charge on any atom is -0.480 e. The molecule has 0 aromatic rings. The van der Waals surface area contributed by atoms with Crippen LogP contribution in [0.2, 0.25) is 0 Å². The van der Waals surface area contributed by atoms with Gasteiger partial charge in [0, 0.05) is 0 Å². The Morgan fingerprint density at radius 3 is 2.00 bits per heavy atom. The third-order valence-electron chi connectivity index (χ3n) is 2.37. The molecule has 2 N–H and O–H groups in total. The van der Waals surface area contributed by atoms with E-state index in [2.05, 4.69) is 33.0 Å². The zero-order chi connectivity index (χ0) is 10.4. The Labute approximate surface area is 80.5 Å². The van der Waals surface area contributed by atoms with Crippen LogP contribution < -0.4 is 5.32 Å². The molecule has 0 saturated heterocycles. The first kappa shape index (κ1) is 12.4. The average molecular weight is 187 g/mol.